The zero-order valence-corrected chi connectivity index (χ0v) is 5.87. The van der Waals surface area contributed by atoms with Crippen LogP contribution in [-0.4, -0.2) is 11.2 Å². The molecule has 56 valence electrons. The number of carbonyl (C=O) groups is 1. The number of carboxylic acid groups (broad SMARTS) is 1. The fraction of sp³-hybridized carbons (Fsp3) is 0.286. The highest BCUT2D eigenvalue weighted by Crippen LogP contribution is 1.79. The Morgan fingerprint density at radius 1 is 1.60 bits per heavy atom. The quantitative estimate of drug-likeness (QED) is 0.588. The van der Waals surface area contributed by atoms with Crippen LogP contribution in [0.25, 0.3) is 0 Å². The number of nitrogens with one attached hydrogen (secondary N) is 1. The minimum atomic E-state index is -1.04. The minimum Gasteiger partial charge on any atom is -0.465 e. The van der Waals surface area contributed by atoms with Crippen molar-refractivity contribution < 1.29 is 9.90 Å². The minimum absolute atomic E-state index is 0.956. The lowest BCUT2D eigenvalue weighted by Crippen LogP contribution is -2.12. The monoisotopic (exact) mass is 141 g/mol. The molecule has 0 radical (unpaired) electrons. The molecule has 0 fully saturated rings. The second kappa shape index (κ2) is 5.88. The first kappa shape index (κ1) is 8.75. The van der Waals surface area contributed by atoms with Gasteiger partial charge >= 0.3 is 6.09 Å². The molecule has 0 unspecified atom stereocenters. The van der Waals surface area contributed by atoms with Gasteiger partial charge in [-0.1, -0.05) is 19.1 Å². The first-order valence-corrected chi connectivity index (χ1v) is 3.08. The fourth-order valence-electron chi connectivity index (χ4n) is 0.390. The molecule has 0 aromatic heterocycles. The molecule has 0 aromatic rings. The number of hydrogen-bond donors (Lipinski definition) is 2. The molecule has 0 aliphatic rings. The van der Waals surface area contributed by atoms with Gasteiger partial charge in [0.05, 0.1) is 0 Å². The predicted octanol–water partition coefficient (Wildman–Crippen LogP) is 1.73. The summed E-state index contributed by atoms with van der Waals surface area (Å²) in [4.78, 5) is 9.85. The molecule has 3 nitrogen and oxygen atoms in total. The van der Waals surface area contributed by atoms with Gasteiger partial charge in [-0.25, -0.2) is 4.79 Å². The van der Waals surface area contributed by atoms with E-state index in [1.54, 1.807) is 12.2 Å². The summed E-state index contributed by atoms with van der Waals surface area (Å²) in [6, 6.07) is 0. The SMILES string of the molecule is CC/C=C/C=C/NC(=O)O. The Kier molecular flexibility index (Phi) is 5.14. The Bertz CT molecular complexity index is 150. The van der Waals surface area contributed by atoms with Crippen molar-refractivity contribution in [3.63, 3.8) is 0 Å². The van der Waals surface area contributed by atoms with Gasteiger partial charge in [0.1, 0.15) is 0 Å². The maximum Gasteiger partial charge on any atom is 0.408 e. The topological polar surface area (TPSA) is 49.3 Å². The maximum atomic E-state index is 9.85. The van der Waals surface area contributed by atoms with E-state index in [1.165, 1.54) is 6.20 Å². The third-order valence-corrected chi connectivity index (χ3v) is 0.786. The van der Waals surface area contributed by atoms with E-state index in [1.807, 2.05) is 13.0 Å². The molecule has 0 saturated heterocycles. The van der Waals surface area contributed by atoms with E-state index in [9.17, 15) is 4.79 Å². The van der Waals surface area contributed by atoms with E-state index in [4.69, 9.17) is 5.11 Å². The maximum absolute atomic E-state index is 9.85. The highest BCUT2D eigenvalue weighted by atomic mass is 16.4. The number of amides is 1. The molecule has 0 bridgehead atoms. The largest absolute Gasteiger partial charge is 0.465 e. The van der Waals surface area contributed by atoms with Crippen LogP contribution in [0.2, 0.25) is 0 Å². The van der Waals surface area contributed by atoms with Crippen LogP contribution in [0.5, 0.6) is 0 Å². The Morgan fingerprint density at radius 2 is 2.30 bits per heavy atom. The summed E-state index contributed by atoms with van der Waals surface area (Å²) in [6.07, 6.45) is 6.64. The summed E-state index contributed by atoms with van der Waals surface area (Å²) in [5.74, 6) is 0. The molecule has 0 rings (SSSR count). The van der Waals surface area contributed by atoms with Crippen LogP contribution < -0.4 is 5.32 Å². The molecule has 1 amide bonds. The van der Waals surface area contributed by atoms with Crippen LogP contribution >= 0.6 is 0 Å². The van der Waals surface area contributed by atoms with Crippen molar-refractivity contribution in [2.24, 2.45) is 0 Å². The molecule has 0 atom stereocenters. The van der Waals surface area contributed by atoms with Crippen molar-refractivity contribution in [1.82, 2.24) is 5.32 Å². The molecule has 10 heavy (non-hydrogen) atoms. The Labute approximate surface area is 60.1 Å². The summed E-state index contributed by atoms with van der Waals surface area (Å²) in [5, 5.41) is 10.2. The molecule has 0 heterocycles. The molecule has 0 aliphatic carbocycles. The summed E-state index contributed by atoms with van der Waals surface area (Å²) < 4.78 is 0. The first-order valence-electron chi connectivity index (χ1n) is 3.08. The van der Waals surface area contributed by atoms with Crippen LogP contribution in [0.1, 0.15) is 13.3 Å². The lowest BCUT2D eigenvalue weighted by molar-refractivity contribution is 0.198. The van der Waals surface area contributed by atoms with Gasteiger partial charge in [0.15, 0.2) is 0 Å². The highest BCUT2D eigenvalue weighted by molar-refractivity contribution is 5.65. The number of rotatable bonds is 3. The number of hydrogen-bond acceptors (Lipinski definition) is 1. The molecule has 0 aliphatic heterocycles. The predicted molar refractivity (Wildman–Crippen MR) is 39.7 cm³/mol. The van der Waals surface area contributed by atoms with Gasteiger partial charge in [0.25, 0.3) is 0 Å². The molecular weight excluding hydrogens is 130 g/mol. The normalized spacial score (nSPS) is 10.9. The fourth-order valence-corrected chi connectivity index (χ4v) is 0.390. The Balaban J connectivity index is 3.37. The Hall–Kier alpha value is -1.25. The molecule has 3 heteroatoms. The van der Waals surface area contributed by atoms with Crippen molar-refractivity contribution in [1.29, 1.82) is 0 Å². The molecule has 0 spiro atoms. The van der Waals surface area contributed by atoms with Crippen LogP contribution in [0, 0.1) is 0 Å². The van der Waals surface area contributed by atoms with Gasteiger partial charge in [0, 0.05) is 6.20 Å². The average Bonchev–Trinajstić information content (AvgIpc) is 1.87. The summed E-state index contributed by atoms with van der Waals surface area (Å²) in [6.45, 7) is 2.01. The lowest BCUT2D eigenvalue weighted by atomic mass is 10.4. The van der Waals surface area contributed by atoms with Crippen molar-refractivity contribution in [2.75, 3.05) is 0 Å². The van der Waals surface area contributed by atoms with Crippen molar-refractivity contribution >= 4 is 6.09 Å². The van der Waals surface area contributed by atoms with Gasteiger partial charge < -0.3 is 5.11 Å². The van der Waals surface area contributed by atoms with Crippen LogP contribution in [0.15, 0.2) is 24.4 Å². The molecule has 0 saturated carbocycles. The second-order valence-corrected chi connectivity index (χ2v) is 1.65. The van der Waals surface area contributed by atoms with Crippen molar-refractivity contribution in [3.8, 4) is 0 Å². The second-order valence-electron chi connectivity index (χ2n) is 1.65. The third kappa shape index (κ3) is 6.75. The van der Waals surface area contributed by atoms with Crippen LogP contribution in [0.4, 0.5) is 4.79 Å². The highest BCUT2D eigenvalue weighted by Gasteiger charge is 1.82. The van der Waals surface area contributed by atoms with E-state index in [0.29, 0.717) is 0 Å². The van der Waals surface area contributed by atoms with Gasteiger partial charge in [-0.15, -0.1) is 0 Å². The van der Waals surface area contributed by atoms with Gasteiger partial charge in [-0.2, -0.15) is 0 Å². The van der Waals surface area contributed by atoms with Crippen molar-refractivity contribution in [2.45, 2.75) is 13.3 Å². The van der Waals surface area contributed by atoms with E-state index in [2.05, 4.69) is 5.32 Å². The van der Waals surface area contributed by atoms with E-state index >= 15 is 0 Å². The summed E-state index contributed by atoms with van der Waals surface area (Å²) in [5.41, 5.74) is 0. The zero-order valence-electron chi connectivity index (χ0n) is 5.87. The molecular formula is C7H11NO2. The molecule has 0 aromatic carbocycles. The van der Waals surface area contributed by atoms with E-state index in [-0.39, 0.29) is 0 Å². The molecule has 2 N–H and O–H groups in total. The zero-order chi connectivity index (χ0) is 7.82. The third-order valence-electron chi connectivity index (χ3n) is 0.786. The smallest absolute Gasteiger partial charge is 0.408 e. The van der Waals surface area contributed by atoms with Gasteiger partial charge in [-0.3, -0.25) is 5.32 Å². The van der Waals surface area contributed by atoms with E-state index < -0.39 is 6.09 Å². The Morgan fingerprint density at radius 3 is 2.80 bits per heavy atom. The number of allylic oxidation sites excluding steroid dienone is 3. The van der Waals surface area contributed by atoms with Gasteiger partial charge in [-0.05, 0) is 12.5 Å². The first-order chi connectivity index (χ1) is 4.77. The van der Waals surface area contributed by atoms with Crippen LogP contribution in [-0.2, 0) is 0 Å². The van der Waals surface area contributed by atoms with Crippen molar-refractivity contribution in [3.05, 3.63) is 24.4 Å². The van der Waals surface area contributed by atoms with Crippen LogP contribution in [0.3, 0.4) is 0 Å². The van der Waals surface area contributed by atoms with E-state index in [0.717, 1.165) is 6.42 Å². The average molecular weight is 141 g/mol. The standard InChI is InChI=1S/C7H11NO2/c1-2-3-4-5-6-8-7(9)10/h3-6,8H,2H2,1H3,(H,9,10)/b4-3+,6-5+. The summed E-state index contributed by atoms with van der Waals surface area (Å²) in [7, 11) is 0. The van der Waals surface area contributed by atoms with Gasteiger partial charge in [0.2, 0.25) is 0 Å². The lowest BCUT2D eigenvalue weighted by Gasteiger charge is -1.85. The summed E-state index contributed by atoms with van der Waals surface area (Å²) >= 11 is 0.